The lowest BCUT2D eigenvalue weighted by Gasteiger charge is -2.18. The number of nitrogens with zero attached hydrogens (tertiary/aromatic N) is 1. The molecule has 0 aliphatic carbocycles. The summed E-state index contributed by atoms with van der Waals surface area (Å²) in [6.45, 7) is 5.52. The molecule has 0 unspecified atom stereocenters. The molecule has 0 saturated carbocycles. The summed E-state index contributed by atoms with van der Waals surface area (Å²) in [5, 5.41) is 0. The maximum Gasteiger partial charge on any atom is 0.0291 e. The van der Waals surface area contributed by atoms with Crippen molar-refractivity contribution >= 4 is 16.9 Å². The summed E-state index contributed by atoms with van der Waals surface area (Å²) in [5.41, 5.74) is 1.33. The van der Waals surface area contributed by atoms with Crippen molar-refractivity contribution < 1.29 is 0 Å². The lowest BCUT2D eigenvalue weighted by molar-refractivity contribution is 0.441. The van der Waals surface area contributed by atoms with Crippen LogP contribution in [0.5, 0.6) is 0 Å². The molecule has 74 valence electrons. The summed E-state index contributed by atoms with van der Waals surface area (Å²) >= 11 is 1.87. The van der Waals surface area contributed by atoms with Crippen LogP contribution in [0.3, 0.4) is 0 Å². The normalized spacial score (nSPS) is 17.5. The summed E-state index contributed by atoms with van der Waals surface area (Å²) in [5.74, 6) is 0. The topological polar surface area (TPSA) is 3.24 Å². The second-order valence-electron chi connectivity index (χ2n) is 3.72. The second kappa shape index (κ2) is 4.20. The summed E-state index contributed by atoms with van der Waals surface area (Å²) in [6.07, 6.45) is 2.31. The third-order valence-electron chi connectivity index (χ3n) is 2.31. The molecule has 1 nitrogen and oxygen atoms in total. The van der Waals surface area contributed by atoms with Gasteiger partial charge in [-0.1, -0.05) is 36.4 Å². The van der Waals surface area contributed by atoms with E-state index < -0.39 is 0 Å². The van der Waals surface area contributed by atoms with Gasteiger partial charge in [-0.15, -0.1) is 0 Å². The Kier molecular flexibility index (Phi) is 2.94. The molecule has 14 heavy (non-hydrogen) atoms. The van der Waals surface area contributed by atoms with Crippen LogP contribution in [-0.2, 0) is 0 Å². The summed E-state index contributed by atoms with van der Waals surface area (Å²) < 4.78 is 2.39. The van der Waals surface area contributed by atoms with Crippen molar-refractivity contribution in [3.05, 3.63) is 42.0 Å². The van der Waals surface area contributed by atoms with Crippen LogP contribution in [0.4, 0.5) is 0 Å². The number of rotatable bonds is 2. The van der Waals surface area contributed by atoms with Crippen molar-refractivity contribution in [3.8, 4) is 0 Å². The minimum atomic E-state index is 0.609. The van der Waals surface area contributed by atoms with Crippen molar-refractivity contribution in [1.29, 1.82) is 0 Å². The molecule has 0 N–H and O–H groups in total. The van der Waals surface area contributed by atoms with Crippen molar-refractivity contribution in [2.75, 3.05) is 6.54 Å². The Labute approximate surface area is 89.9 Å². The van der Waals surface area contributed by atoms with Gasteiger partial charge in [-0.2, -0.15) is 0 Å². The maximum atomic E-state index is 2.39. The Bertz CT molecular complexity index is 329. The largest absolute Gasteiger partial charge is 0.240 e. The van der Waals surface area contributed by atoms with Crippen LogP contribution in [0.1, 0.15) is 19.4 Å². The zero-order valence-corrected chi connectivity index (χ0v) is 9.42. The molecule has 1 aromatic rings. The van der Waals surface area contributed by atoms with Crippen LogP contribution < -0.4 is 0 Å². The average molecular weight is 205 g/mol. The molecule has 0 fully saturated rings. The molecule has 0 atom stereocenters. The highest BCUT2D eigenvalue weighted by Gasteiger charge is 2.18. The fraction of sp³-hybridized carbons (Fsp3) is 0.333. The van der Waals surface area contributed by atoms with Gasteiger partial charge in [-0.05, 0) is 31.4 Å². The molecule has 1 aromatic carbocycles. The van der Waals surface area contributed by atoms with Crippen LogP contribution in [0.25, 0.3) is 4.91 Å². The highest BCUT2D eigenvalue weighted by atomic mass is 32.2. The summed E-state index contributed by atoms with van der Waals surface area (Å²) in [4.78, 5) is 1.39. The summed E-state index contributed by atoms with van der Waals surface area (Å²) in [6, 6.07) is 11.2. The zero-order valence-electron chi connectivity index (χ0n) is 8.60. The molecule has 1 aliphatic rings. The van der Waals surface area contributed by atoms with E-state index in [1.807, 2.05) is 11.9 Å². The fourth-order valence-electron chi connectivity index (χ4n) is 1.46. The fourth-order valence-corrected chi connectivity index (χ4v) is 2.47. The molecule has 0 bridgehead atoms. The van der Waals surface area contributed by atoms with E-state index in [9.17, 15) is 0 Å². The third kappa shape index (κ3) is 2.02. The first-order chi connectivity index (χ1) is 6.77. The van der Waals surface area contributed by atoms with E-state index in [-0.39, 0.29) is 0 Å². The van der Waals surface area contributed by atoms with Gasteiger partial charge in [0.25, 0.3) is 0 Å². The van der Waals surface area contributed by atoms with E-state index in [4.69, 9.17) is 0 Å². The SMILES string of the molecule is CC(C)N1CC=C(c2ccccc2)S1. The number of benzene rings is 1. The molecular formula is C12H15NS. The van der Waals surface area contributed by atoms with E-state index in [1.165, 1.54) is 10.5 Å². The molecule has 0 amide bonds. The zero-order chi connectivity index (χ0) is 9.97. The van der Waals surface area contributed by atoms with E-state index in [0.29, 0.717) is 6.04 Å². The highest BCUT2D eigenvalue weighted by Crippen LogP contribution is 2.36. The smallest absolute Gasteiger partial charge is 0.0291 e. The van der Waals surface area contributed by atoms with Crippen LogP contribution in [0, 0.1) is 0 Å². The molecule has 1 aliphatic heterocycles. The first-order valence-electron chi connectivity index (χ1n) is 4.97. The quantitative estimate of drug-likeness (QED) is 0.681. The molecule has 0 radical (unpaired) electrons. The first-order valence-corrected chi connectivity index (χ1v) is 5.75. The van der Waals surface area contributed by atoms with Gasteiger partial charge in [0, 0.05) is 17.5 Å². The van der Waals surface area contributed by atoms with Gasteiger partial charge >= 0.3 is 0 Å². The predicted molar refractivity (Wildman–Crippen MR) is 63.9 cm³/mol. The Morgan fingerprint density at radius 2 is 1.93 bits per heavy atom. The Balaban J connectivity index is 2.09. The van der Waals surface area contributed by atoms with Crippen molar-refractivity contribution in [1.82, 2.24) is 4.31 Å². The van der Waals surface area contributed by atoms with E-state index in [2.05, 4.69) is 54.6 Å². The van der Waals surface area contributed by atoms with Gasteiger partial charge in [0.15, 0.2) is 0 Å². The Morgan fingerprint density at radius 3 is 2.50 bits per heavy atom. The third-order valence-corrected chi connectivity index (χ3v) is 3.71. The predicted octanol–water partition coefficient (Wildman–Crippen LogP) is 3.40. The van der Waals surface area contributed by atoms with Crippen LogP contribution >= 0.6 is 11.9 Å². The molecule has 2 rings (SSSR count). The van der Waals surface area contributed by atoms with Crippen LogP contribution in [0.15, 0.2) is 36.4 Å². The molecule has 1 heterocycles. The average Bonchev–Trinajstić information content (AvgIpc) is 2.68. The van der Waals surface area contributed by atoms with Gasteiger partial charge in [-0.3, -0.25) is 0 Å². The maximum absolute atomic E-state index is 2.39. The van der Waals surface area contributed by atoms with Crippen molar-refractivity contribution in [2.24, 2.45) is 0 Å². The van der Waals surface area contributed by atoms with Crippen LogP contribution in [-0.4, -0.2) is 16.9 Å². The lowest BCUT2D eigenvalue weighted by Crippen LogP contribution is -2.20. The molecule has 0 spiro atoms. The Morgan fingerprint density at radius 1 is 1.21 bits per heavy atom. The van der Waals surface area contributed by atoms with E-state index in [1.54, 1.807) is 0 Å². The van der Waals surface area contributed by atoms with Gasteiger partial charge in [-0.25, -0.2) is 4.31 Å². The highest BCUT2D eigenvalue weighted by molar-refractivity contribution is 8.06. The monoisotopic (exact) mass is 205 g/mol. The molecule has 2 heteroatoms. The van der Waals surface area contributed by atoms with Crippen LogP contribution in [0.2, 0.25) is 0 Å². The second-order valence-corrected chi connectivity index (χ2v) is 4.81. The van der Waals surface area contributed by atoms with E-state index >= 15 is 0 Å². The first kappa shape index (κ1) is 9.81. The van der Waals surface area contributed by atoms with Crippen molar-refractivity contribution in [3.63, 3.8) is 0 Å². The Hall–Kier alpha value is -0.730. The molecule has 0 aromatic heterocycles. The van der Waals surface area contributed by atoms with Crippen molar-refractivity contribution in [2.45, 2.75) is 19.9 Å². The molecular weight excluding hydrogens is 190 g/mol. The minimum absolute atomic E-state index is 0.609. The lowest BCUT2D eigenvalue weighted by atomic mass is 10.2. The van der Waals surface area contributed by atoms with Gasteiger partial charge in [0.1, 0.15) is 0 Å². The standard InChI is InChI=1S/C12H15NS/c1-10(2)13-9-8-12(14-13)11-6-4-3-5-7-11/h3-8,10H,9H2,1-2H3. The number of hydrogen-bond acceptors (Lipinski definition) is 2. The molecule has 0 saturated heterocycles. The van der Waals surface area contributed by atoms with Gasteiger partial charge in [0.2, 0.25) is 0 Å². The minimum Gasteiger partial charge on any atom is -0.240 e. The van der Waals surface area contributed by atoms with Gasteiger partial charge in [0.05, 0.1) is 0 Å². The number of hydrogen-bond donors (Lipinski definition) is 0. The van der Waals surface area contributed by atoms with E-state index in [0.717, 1.165) is 6.54 Å². The summed E-state index contributed by atoms with van der Waals surface area (Å²) in [7, 11) is 0. The van der Waals surface area contributed by atoms with Gasteiger partial charge < -0.3 is 0 Å².